The van der Waals surface area contributed by atoms with E-state index in [0.717, 1.165) is 31.5 Å². The lowest BCUT2D eigenvalue weighted by molar-refractivity contribution is 0.448. The highest BCUT2D eigenvalue weighted by Gasteiger charge is 2.21. The summed E-state index contributed by atoms with van der Waals surface area (Å²) in [7, 11) is 0. The van der Waals surface area contributed by atoms with Crippen LogP contribution in [0.25, 0.3) is 0 Å². The summed E-state index contributed by atoms with van der Waals surface area (Å²) in [6.45, 7) is 8.10. The molecule has 0 saturated carbocycles. The van der Waals surface area contributed by atoms with E-state index in [0.29, 0.717) is 0 Å². The fourth-order valence-electron chi connectivity index (χ4n) is 1.76. The van der Waals surface area contributed by atoms with Crippen LogP contribution in [-0.4, -0.2) is 13.1 Å². The Hall–Kier alpha value is -0.960. The van der Waals surface area contributed by atoms with E-state index in [1.165, 1.54) is 12.1 Å². The predicted molar refractivity (Wildman–Crippen MR) is 67.2 cm³/mol. The summed E-state index contributed by atoms with van der Waals surface area (Å²) in [5.41, 5.74) is 0.699. The SMILES string of the molecule is CCCNCCC(C)(C)c1ccc(F)c(F)c1. The molecule has 0 unspecified atom stereocenters. The molecule has 0 atom stereocenters. The summed E-state index contributed by atoms with van der Waals surface area (Å²) in [6.07, 6.45) is 2.00. The minimum absolute atomic E-state index is 0.144. The van der Waals surface area contributed by atoms with Crippen molar-refractivity contribution in [2.45, 2.75) is 39.0 Å². The van der Waals surface area contributed by atoms with Crippen molar-refractivity contribution in [3.63, 3.8) is 0 Å². The summed E-state index contributed by atoms with van der Waals surface area (Å²) in [5.74, 6) is -1.55. The summed E-state index contributed by atoms with van der Waals surface area (Å²) in [6, 6.07) is 4.17. The molecule has 0 radical (unpaired) electrons. The molecule has 0 saturated heterocycles. The Kier molecular flexibility index (Phi) is 5.06. The van der Waals surface area contributed by atoms with Gasteiger partial charge < -0.3 is 5.32 Å². The molecule has 1 N–H and O–H groups in total. The van der Waals surface area contributed by atoms with Crippen LogP contribution in [0, 0.1) is 11.6 Å². The normalized spacial score (nSPS) is 11.8. The Morgan fingerprint density at radius 2 is 1.82 bits per heavy atom. The van der Waals surface area contributed by atoms with Gasteiger partial charge in [0.1, 0.15) is 0 Å². The van der Waals surface area contributed by atoms with E-state index in [2.05, 4.69) is 12.2 Å². The van der Waals surface area contributed by atoms with Crippen LogP contribution in [0.3, 0.4) is 0 Å². The van der Waals surface area contributed by atoms with Gasteiger partial charge >= 0.3 is 0 Å². The van der Waals surface area contributed by atoms with E-state index in [9.17, 15) is 8.78 Å². The molecule has 0 spiro atoms. The van der Waals surface area contributed by atoms with Crippen LogP contribution in [0.5, 0.6) is 0 Å². The second-order valence-electron chi connectivity index (χ2n) is 5.01. The molecule has 3 heteroatoms. The van der Waals surface area contributed by atoms with Crippen LogP contribution in [0.2, 0.25) is 0 Å². The van der Waals surface area contributed by atoms with Crippen LogP contribution >= 0.6 is 0 Å². The topological polar surface area (TPSA) is 12.0 Å². The zero-order valence-corrected chi connectivity index (χ0v) is 10.8. The summed E-state index contributed by atoms with van der Waals surface area (Å²) >= 11 is 0. The van der Waals surface area contributed by atoms with Gasteiger partial charge in [0, 0.05) is 0 Å². The molecule has 0 amide bonds. The summed E-state index contributed by atoms with van der Waals surface area (Å²) in [4.78, 5) is 0. The van der Waals surface area contributed by atoms with E-state index in [4.69, 9.17) is 0 Å². The Morgan fingerprint density at radius 1 is 1.12 bits per heavy atom. The molecular weight excluding hydrogens is 220 g/mol. The second kappa shape index (κ2) is 6.10. The van der Waals surface area contributed by atoms with Crippen molar-refractivity contribution in [3.8, 4) is 0 Å². The van der Waals surface area contributed by atoms with Crippen molar-refractivity contribution < 1.29 is 8.78 Å². The van der Waals surface area contributed by atoms with E-state index < -0.39 is 11.6 Å². The smallest absolute Gasteiger partial charge is 0.159 e. The van der Waals surface area contributed by atoms with Crippen molar-refractivity contribution in [3.05, 3.63) is 35.4 Å². The number of benzene rings is 1. The summed E-state index contributed by atoms with van der Waals surface area (Å²) < 4.78 is 26.0. The fourth-order valence-corrected chi connectivity index (χ4v) is 1.76. The van der Waals surface area contributed by atoms with Crippen molar-refractivity contribution in [1.82, 2.24) is 5.32 Å². The third-order valence-electron chi connectivity index (χ3n) is 3.05. The first-order chi connectivity index (χ1) is 7.97. The van der Waals surface area contributed by atoms with Gasteiger partial charge in [0.25, 0.3) is 0 Å². The average Bonchev–Trinajstić information content (AvgIpc) is 2.28. The number of nitrogens with one attached hydrogen (secondary N) is 1. The van der Waals surface area contributed by atoms with Crippen LogP contribution in [0.1, 0.15) is 39.2 Å². The first-order valence-corrected chi connectivity index (χ1v) is 6.13. The van der Waals surface area contributed by atoms with Gasteiger partial charge in [0.15, 0.2) is 11.6 Å². The highest BCUT2D eigenvalue weighted by Crippen LogP contribution is 2.27. The van der Waals surface area contributed by atoms with E-state index in [1.54, 1.807) is 6.07 Å². The molecule has 0 aromatic heterocycles. The maximum atomic E-state index is 13.2. The zero-order valence-electron chi connectivity index (χ0n) is 10.8. The molecule has 1 rings (SSSR count). The lowest BCUT2D eigenvalue weighted by Crippen LogP contribution is -2.26. The van der Waals surface area contributed by atoms with Gasteiger partial charge in [0.05, 0.1) is 0 Å². The predicted octanol–water partition coefficient (Wildman–Crippen LogP) is 3.63. The van der Waals surface area contributed by atoms with E-state index in [-0.39, 0.29) is 5.41 Å². The Bertz CT molecular complexity index is 361. The number of halogens is 2. The highest BCUT2D eigenvalue weighted by molar-refractivity contribution is 5.25. The van der Waals surface area contributed by atoms with Crippen LogP contribution in [-0.2, 0) is 5.41 Å². The van der Waals surface area contributed by atoms with E-state index >= 15 is 0 Å². The second-order valence-corrected chi connectivity index (χ2v) is 5.01. The summed E-state index contributed by atoms with van der Waals surface area (Å²) in [5, 5.41) is 3.32. The van der Waals surface area contributed by atoms with Crippen LogP contribution in [0.4, 0.5) is 8.78 Å². The molecule has 0 fully saturated rings. The zero-order chi connectivity index (χ0) is 12.9. The van der Waals surface area contributed by atoms with E-state index in [1.807, 2.05) is 13.8 Å². The lowest BCUT2D eigenvalue weighted by Gasteiger charge is -2.25. The molecular formula is C14H21F2N. The van der Waals surface area contributed by atoms with Crippen molar-refractivity contribution in [1.29, 1.82) is 0 Å². The van der Waals surface area contributed by atoms with Gasteiger partial charge in [-0.3, -0.25) is 0 Å². The van der Waals surface area contributed by atoms with Gasteiger partial charge in [0.2, 0.25) is 0 Å². The average molecular weight is 241 g/mol. The lowest BCUT2D eigenvalue weighted by atomic mass is 9.81. The number of hydrogen-bond acceptors (Lipinski definition) is 1. The monoisotopic (exact) mass is 241 g/mol. The third kappa shape index (κ3) is 4.08. The third-order valence-corrected chi connectivity index (χ3v) is 3.05. The molecule has 0 bridgehead atoms. The van der Waals surface area contributed by atoms with Gasteiger partial charge in [-0.1, -0.05) is 26.8 Å². The highest BCUT2D eigenvalue weighted by atomic mass is 19.2. The minimum atomic E-state index is -0.784. The van der Waals surface area contributed by atoms with Gasteiger partial charge in [-0.15, -0.1) is 0 Å². The molecule has 0 aliphatic heterocycles. The number of hydrogen-bond donors (Lipinski definition) is 1. The van der Waals surface area contributed by atoms with Crippen molar-refractivity contribution in [2.24, 2.45) is 0 Å². The first-order valence-electron chi connectivity index (χ1n) is 6.13. The molecule has 1 aromatic rings. The Balaban J connectivity index is 2.64. The van der Waals surface area contributed by atoms with Crippen LogP contribution in [0.15, 0.2) is 18.2 Å². The van der Waals surface area contributed by atoms with Gasteiger partial charge in [-0.05, 0) is 49.0 Å². The van der Waals surface area contributed by atoms with Gasteiger partial charge in [-0.2, -0.15) is 0 Å². The maximum absolute atomic E-state index is 13.2. The Morgan fingerprint density at radius 3 is 2.41 bits per heavy atom. The molecule has 0 aliphatic carbocycles. The molecule has 17 heavy (non-hydrogen) atoms. The molecule has 96 valence electrons. The molecule has 1 aromatic carbocycles. The standard InChI is InChI=1S/C14H21F2N/c1-4-8-17-9-7-14(2,3)11-5-6-12(15)13(16)10-11/h5-6,10,17H,4,7-9H2,1-3H3. The quantitative estimate of drug-likeness (QED) is 0.750. The molecule has 1 nitrogen and oxygen atoms in total. The largest absolute Gasteiger partial charge is 0.317 e. The first kappa shape index (κ1) is 14.1. The van der Waals surface area contributed by atoms with Gasteiger partial charge in [-0.25, -0.2) is 8.78 Å². The fraction of sp³-hybridized carbons (Fsp3) is 0.571. The Labute approximate surface area is 102 Å². The number of rotatable bonds is 6. The van der Waals surface area contributed by atoms with Crippen molar-refractivity contribution in [2.75, 3.05) is 13.1 Å². The van der Waals surface area contributed by atoms with Crippen molar-refractivity contribution >= 4 is 0 Å². The molecule has 0 aliphatic rings. The maximum Gasteiger partial charge on any atom is 0.159 e. The minimum Gasteiger partial charge on any atom is -0.317 e. The molecule has 0 heterocycles. The van der Waals surface area contributed by atoms with Crippen LogP contribution < -0.4 is 5.32 Å².